The molecule has 12 nitrogen and oxygen atoms in total. The van der Waals surface area contributed by atoms with E-state index < -0.39 is 33.6 Å². The molecule has 4 aromatic rings. The summed E-state index contributed by atoms with van der Waals surface area (Å²) >= 11 is 11.1. The first kappa shape index (κ1) is 50.0. The SMILES string of the molecule is C=C(C)C(=O)OCCNC(=O)C(C#N)=C1c2ccccc2S(=O)(=O)c2ccccc21.C=C(C)C(=O)OCCNC(=O)C(C#N)=C1c2ccccc2Sc2ccccc21.ClCCl.[B]. The molecule has 17 heteroatoms. The van der Waals surface area contributed by atoms with Crippen LogP contribution in [0.5, 0.6) is 0 Å². The van der Waals surface area contributed by atoms with Gasteiger partial charge in [-0.1, -0.05) is 97.7 Å². The Kier molecular flexibility index (Phi) is 19.0. The van der Waals surface area contributed by atoms with Gasteiger partial charge in [-0.05, 0) is 49.2 Å². The third-order valence-corrected chi connectivity index (χ3v) is 11.6. The van der Waals surface area contributed by atoms with Crippen LogP contribution in [0.2, 0.25) is 0 Å². The number of carbonyl (C=O) groups excluding carboxylic acids is 4. The van der Waals surface area contributed by atoms with Gasteiger partial charge in [0.2, 0.25) is 9.84 Å². The molecular weight excluding hydrogens is 870 g/mol. The molecule has 0 aliphatic carbocycles. The lowest BCUT2D eigenvalue weighted by atomic mass is 9.92. The fraction of sp³-hybridized carbons (Fsp3) is 0.156. The van der Waals surface area contributed by atoms with Gasteiger partial charge >= 0.3 is 11.9 Å². The molecule has 2 heterocycles. The van der Waals surface area contributed by atoms with Crippen LogP contribution in [0.25, 0.3) is 11.1 Å². The zero-order valence-corrected chi connectivity index (χ0v) is 36.6. The van der Waals surface area contributed by atoms with Crippen molar-refractivity contribution in [1.82, 2.24) is 10.6 Å². The standard InChI is InChI=1S/C22H18N2O5S.C22H18N2O3S.CH2Cl2.B/c1-14(2)22(26)29-12-11-24-21(25)17(13-23)20-15-7-3-5-9-18(15)30(27,28)19-10-6-4-8-16(19)20;1-14(2)22(26)27-12-11-24-21(25)17(13-23)20-15-7-3-5-9-18(15)28-19-10-6-4-8-16(19)20;2-1-3;/h3-10H,1,11-12H2,2H3,(H,24,25);3-10H,1,11-12H2,2H3,(H,24,25);1H2;. The quantitative estimate of drug-likeness (QED) is 0.0354. The molecule has 2 amide bonds. The molecule has 0 spiro atoms. The Morgan fingerprint density at radius 2 is 0.952 bits per heavy atom. The molecule has 62 heavy (non-hydrogen) atoms. The summed E-state index contributed by atoms with van der Waals surface area (Å²) in [6.45, 7) is 10.0. The summed E-state index contributed by atoms with van der Waals surface area (Å²) in [5.74, 6) is -2.29. The number of amides is 2. The average molecular weight is 909 g/mol. The van der Waals surface area contributed by atoms with E-state index in [4.69, 9.17) is 32.7 Å². The Morgan fingerprint density at radius 3 is 1.31 bits per heavy atom. The molecule has 0 atom stereocenters. The van der Waals surface area contributed by atoms with Gasteiger partial charge in [0.1, 0.15) is 36.5 Å². The number of esters is 2. The molecule has 6 rings (SSSR count). The number of halogens is 2. The molecule has 0 saturated carbocycles. The van der Waals surface area contributed by atoms with Crippen LogP contribution in [-0.2, 0) is 38.5 Å². The van der Waals surface area contributed by atoms with E-state index in [9.17, 15) is 38.1 Å². The summed E-state index contributed by atoms with van der Waals surface area (Å²) in [5.41, 5.74) is 3.48. The summed E-state index contributed by atoms with van der Waals surface area (Å²) < 4.78 is 35.9. The predicted octanol–water partition coefficient (Wildman–Crippen LogP) is 7.15. The van der Waals surface area contributed by atoms with Crippen LogP contribution < -0.4 is 10.6 Å². The van der Waals surface area contributed by atoms with Crippen LogP contribution in [0, 0.1) is 22.7 Å². The molecule has 2 aliphatic rings. The minimum atomic E-state index is -3.78. The number of benzene rings is 4. The van der Waals surface area contributed by atoms with Crippen LogP contribution in [0.4, 0.5) is 0 Å². The maximum atomic E-state index is 13.0. The number of ether oxygens (including phenoxy) is 2. The highest BCUT2D eigenvalue weighted by Gasteiger charge is 2.35. The molecule has 0 saturated heterocycles. The first-order valence-corrected chi connectivity index (χ1v) is 21.5. The molecule has 2 aliphatic heterocycles. The Labute approximate surface area is 376 Å². The number of nitrogens with zero attached hydrogens (tertiary/aromatic N) is 2. The summed E-state index contributed by atoms with van der Waals surface area (Å²) in [7, 11) is -3.78. The van der Waals surface area contributed by atoms with Crippen molar-refractivity contribution in [3.8, 4) is 12.1 Å². The number of fused-ring (bicyclic) bond motifs is 4. The molecule has 4 aromatic carbocycles. The van der Waals surface area contributed by atoms with Gasteiger partial charge in [0, 0.05) is 51.6 Å². The van der Waals surface area contributed by atoms with Gasteiger partial charge < -0.3 is 20.1 Å². The first-order valence-electron chi connectivity index (χ1n) is 18.2. The van der Waals surface area contributed by atoms with Gasteiger partial charge in [-0.15, -0.1) is 23.2 Å². The van der Waals surface area contributed by atoms with Crippen molar-refractivity contribution in [2.24, 2.45) is 0 Å². The van der Waals surface area contributed by atoms with Crippen molar-refractivity contribution in [3.63, 3.8) is 0 Å². The van der Waals surface area contributed by atoms with Crippen molar-refractivity contribution in [2.45, 2.75) is 33.4 Å². The third kappa shape index (κ3) is 11.9. The van der Waals surface area contributed by atoms with E-state index in [2.05, 4.69) is 29.9 Å². The summed E-state index contributed by atoms with van der Waals surface area (Å²) in [4.78, 5) is 50.3. The van der Waals surface area contributed by atoms with Gasteiger partial charge in [0.15, 0.2) is 0 Å². The molecular formula is C45H38BCl2N4O8S2. The number of carbonyl (C=O) groups is 4. The van der Waals surface area contributed by atoms with Crippen LogP contribution in [-0.4, -0.2) is 72.2 Å². The second-order valence-corrected chi connectivity index (χ2v) is 16.5. The molecule has 3 radical (unpaired) electrons. The molecule has 0 aromatic heterocycles. The summed E-state index contributed by atoms with van der Waals surface area (Å²) in [5, 5.41) is 24.9. The molecule has 0 bridgehead atoms. The number of sulfone groups is 1. The van der Waals surface area contributed by atoms with Crippen LogP contribution in [0.3, 0.4) is 0 Å². The van der Waals surface area contributed by atoms with E-state index in [-0.39, 0.29) is 83.3 Å². The minimum absolute atomic E-state index is 0. The third-order valence-electron chi connectivity index (χ3n) is 8.54. The van der Waals surface area contributed by atoms with E-state index in [0.29, 0.717) is 11.1 Å². The van der Waals surface area contributed by atoms with Gasteiger partial charge in [-0.3, -0.25) is 9.59 Å². The van der Waals surface area contributed by atoms with Crippen molar-refractivity contribution in [1.29, 1.82) is 10.5 Å². The number of alkyl halides is 2. The van der Waals surface area contributed by atoms with Gasteiger partial charge in [0.05, 0.1) is 28.2 Å². The second kappa shape index (κ2) is 23.6. The van der Waals surface area contributed by atoms with Crippen molar-refractivity contribution in [2.75, 3.05) is 31.6 Å². The van der Waals surface area contributed by atoms with Crippen LogP contribution in [0.1, 0.15) is 36.1 Å². The summed E-state index contributed by atoms with van der Waals surface area (Å²) in [6, 6.07) is 31.8. The topological polar surface area (TPSA) is 193 Å². The van der Waals surface area contributed by atoms with Crippen molar-refractivity contribution in [3.05, 3.63) is 155 Å². The zero-order chi connectivity index (χ0) is 44.7. The largest absolute Gasteiger partial charge is 0.460 e. The fourth-order valence-corrected chi connectivity index (χ4v) is 8.65. The number of nitrogens with one attached hydrogen (secondary N) is 2. The van der Waals surface area contributed by atoms with Crippen LogP contribution in [0.15, 0.2) is 152 Å². The maximum Gasteiger partial charge on any atom is 0.333 e. The second-order valence-electron chi connectivity index (χ2n) is 12.8. The maximum absolute atomic E-state index is 13.0. The highest BCUT2D eigenvalue weighted by atomic mass is 35.5. The first-order chi connectivity index (χ1) is 29.2. The Hall–Kier alpha value is -6.36. The van der Waals surface area contributed by atoms with Gasteiger partial charge in [-0.2, -0.15) is 10.5 Å². The van der Waals surface area contributed by atoms with E-state index in [0.717, 1.165) is 20.9 Å². The number of hydrogen-bond acceptors (Lipinski definition) is 11. The predicted molar refractivity (Wildman–Crippen MR) is 239 cm³/mol. The lowest BCUT2D eigenvalue weighted by Crippen LogP contribution is -2.30. The summed E-state index contributed by atoms with van der Waals surface area (Å²) in [6.07, 6.45) is 0. The van der Waals surface area contributed by atoms with Gasteiger partial charge in [0.25, 0.3) is 11.8 Å². The number of nitriles is 2. The van der Waals surface area contributed by atoms with Crippen molar-refractivity contribution >= 4 is 88.1 Å². The van der Waals surface area contributed by atoms with Crippen molar-refractivity contribution < 1.29 is 37.1 Å². The van der Waals surface area contributed by atoms with E-state index in [1.165, 1.54) is 19.1 Å². The van der Waals surface area contributed by atoms with Gasteiger partial charge in [-0.25, -0.2) is 18.0 Å². The molecule has 315 valence electrons. The Morgan fingerprint density at radius 1 is 0.629 bits per heavy atom. The van der Waals surface area contributed by atoms with E-state index >= 15 is 0 Å². The lowest BCUT2D eigenvalue weighted by Gasteiger charge is -2.23. The van der Waals surface area contributed by atoms with E-state index in [1.54, 1.807) is 55.1 Å². The molecule has 0 fully saturated rings. The highest BCUT2D eigenvalue weighted by Crippen LogP contribution is 2.46. The Bertz CT molecular complexity index is 2570. The molecule has 0 unspecified atom stereocenters. The number of hydrogen-bond donors (Lipinski definition) is 2. The normalized spacial score (nSPS) is 11.9. The number of rotatable bonds is 10. The monoisotopic (exact) mass is 907 g/mol. The van der Waals surface area contributed by atoms with E-state index in [1.807, 2.05) is 54.6 Å². The minimum Gasteiger partial charge on any atom is -0.460 e. The molecule has 2 N–H and O–H groups in total. The average Bonchev–Trinajstić information content (AvgIpc) is 3.25. The lowest BCUT2D eigenvalue weighted by molar-refractivity contribution is -0.139. The van der Waals surface area contributed by atoms with Crippen LogP contribution >= 0.6 is 35.0 Å². The fourth-order valence-electron chi connectivity index (χ4n) is 5.89. The Balaban J connectivity index is 0.000000307. The smallest absolute Gasteiger partial charge is 0.333 e. The zero-order valence-electron chi connectivity index (χ0n) is 33.5. The highest BCUT2D eigenvalue weighted by molar-refractivity contribution is 7.99.